The van der Waals surface area contributed by atoms with E-state index < -0.39 is 10.8 Å². The summed E-state index contributed by atoms with van der Waals surface area (Å²) in [4.78, 5) is 3.44. The van der Waals surface area contributed by atoms with Crippen LogP contribution >= 0.6 is 0 Å². The summed E-state index contributed by atoms with van der Waals surface area (Å²) >= 11 is 0. The molecule has 2 aliphatic rings. The number of hydrogen-bond donors (Lipinski definition) is 0. The Labute approximate surface area is 226 Å². The zero-order valence-electron chi connectivity index (χ0n) is 21.8. The average molecular weight is 528 g/mol. The van der Waals surface area contributed by atoms with Gasteiger partial charge in [-0.2, -0.15) is 0 Å². The average Bonchev–Trinajstić information content (AvgIpc) is 3.34. The predicted octanol–water partition coefficient (Wildman–Crippen LogP) is 6.84. The maximum Gasteiger partial charge on any atom is 0.143 e. The quantitative estimate of drug-likeness (QED) is 0.251. The molecule has 0 aromatic heterocycles. The van der Waals surface area contributed by atoms with Gasteiger partial charge in [0, 0.05) is 28.1 Å². The molecule has 196 valence electrons. The molecule has 0 saturated carbocycles. The van der Waals surface area contributed by atoms with Crippen molar-refractivity contribution < 1.29 is 18.4 Å². The van der Waals surface area contributed by atoms with Gasteiger partial charge >= 0.3 is 0 Å². The van der Waals surface area contributed by atoms with E-state index in [1.165, 1.54) is 32.4 Å². The van der Waals surface area contributed by atoms with E-state index in [0.717, 1.165) is 68.3 Å². The van der Waals surface area contributed by atoms with Crippen LogP contribution in [0.15, 0.2) is 77.7 Å². The second-order valence-corrected chi connectivity index (χ2v) is 11.5. The van der Waals surface area contributed by atoms with E-state index in [-0.39, 0.29) is 0 Å². The lowest BCUT2D eigenvalue weighted by Gasteiger charge is -2.26. The molecule has 2 aliphatic heterocycles. The van der Waals surface area contributed by atoms with Crippen molar-refractivity contribution in [3.05, 3.63) is 78.4 Å². The van der Waals surface area contributed by atoms with E-state index in [1.807, 2.05) is 48.5 Å². The zero-order chi connectivity index (χ0) is 25.9. The third kappa shape index (κ3) is 5.29. The molecular formula is C32H33NO4S. The maximum atomic E-state index is 12.3. The van der Waals surface area contributed by atoms with Crippen molar-refractivity contribution in [3.63, 3.8) is 0 Å². The monoisotopic (exact) mass is 527 g/mol. The van der Waals surface area contributed by atoms with Crippen molar-refractivity contribution in [2.75, 3.05) is 39.1 Å². The van der Waals surface area contributed by atoms with Crippen LogP contribution in [-0.2, 0) is 17.2 Å². The molecule has 0 aliphatic carbocycles. The smallest absolute Gasteiger partial charge is 0.143 e. The van der Waals surface area contributed by atoms with Crippen LogP contribution < -0.4 is 14.2 Å². The minimum atomic E-state index is -0.892. The Bertz CT molecular complexity index is 1460. The van der Waals surface area contributed by atoms with E-state index in [4.69, 9.17) is 14.2 Å². The van der Waals surface area contributed by atoms with Gasteiger partial charge in [-0.25, -0.2) is 0 Å². The molecule has 0 radical (unpaired) electrons. The molecule has 1 atom stereocenters. The van der Waals surface area contributed by atoms with Crippen molar-refractivity contribution >= 4 is 21.6 Å². The number of rotatable bonds is 8. The Kier molecular flexibility index (Phi) is 7.34. The summed E-state index contributed by atoms with van der Waals surface area (Å²) in [6.07, 6.45) is 4.77. The van der Waals surface area contributed by atoms with Gasteiger partial charge in [0.25, 0.3) is 0 Å². The lowest BCUT2D eigenvalue weighted by Crippen LogP contribution is -2.33. The second kappa shape index (κ2) is 11.2. The van der Waals surface area contributed by atoms with E-state index in [1.54, 1.807) is 7.11 Å². The van der Waals surface area contributed by atoms with E-state index in [2.05, 4.69) is 29.2 Å². The summed E-state index contributed by atoms with van der Waals surface area (Å²) in [5.74, 6) is 3.90. The van der Waals surface area contributed by atoms with Gasteiger partial charge in [0.1, 0.15) is 29.6 Å². The van der Waals surface area contributed by atoms with E-state index in [0.29, 0.717) is 12.4 Å². The maximum absolute atomic E-state index is 12.3. The number of likely N-dealkylation sites (tertiary alicyclic amines) is 1. The minimum absolute atomic E-state index is 0.693. The molecule has 6 heteroatoms. The summed E-state index contributed by atoms with van der Waals surface area (Å²) in [6.45, 7) is 4.02. The highest BCUT2D eigenvalue weighted by Crippen LogP contribution is 2.42. The fraction of sp³-hybridized carbons (Fsp3) is 0.312. The second-order valence-electron chi connectivity index (χ2n) is 9.98. The van der Waals surface area contributed by atoms with Gasteiger partial charge in [-0.05, 0) is 110 Å². The van der Waals surface area contributed by atoms with Gasteiger partial charge in [-0.15, -0.1) is 0 Å². The molecule has 5 nitrogen and oxygen atoms in total. The minimum Gasteiger partial charge on any atom is -0.497 e. The van der Waals surface area contributed by atoms with Crippen LogP contribution in [0.2, 0.25) is 0 Å². The number of fused-ring (bicyclic) bond motifs is 2. The number of hydrogen-bond acceptors (Lipinski definition) is 5. The number of nitrogens with zero attached hydrogens (tertiary/aromatic N) is 1. The standard InChI is InChI=1S/C32H33NO4S/c1-35-28-11-13-30-24(22-28)5-12-29(23-6-14-31-25(21-23)15-20-38(31)34)32(30)37-27-9-7-26(8-10-27)36-19-18-33-16-3-2-4-17-33/h5-14,21-22H,2-4,15-20H2,1H3. The molecular weight excluding hydrogens is 494 g/mol. The number of aryl methyl sites for hydroxylation is 1. The first-order valence-electron chi connectivity index (χ1n) is 13.4. The predicted molar refractivity (Wildman–Crippen MR) is 153 cm³/mol. The summed E-state index contributed by atoms with van der Waals surface area (Å²) in [7, 11) is 0.786. The molecule has 0 bridgehead atoms. The molecule has 0 N–H and O–H groups in total. The fourth-order valence-electron chi connectivity index (χ4n) is 5.42. The number of ether oxygens (including phenoxy) is 3. The van der Waals surface area contributed by atoms with E-state index in [9.17, 15) is 4.21 Å². The van der Waals surface area contributed by atoms with Crippen LogP contribution in [0.25, 0.3) is 21.9 Å². The fourth-order valence-corrected chi connectivity index (χ4v) is 6.72. The molecule has 4 aromatic rings. The van der Waals surface area contributed by atoms with Gasteiger partial charge in [-0.3, -0.25) is 9.11 Å². The van der Waals surface area contributed by atoms with Crippen LogP contribution in [0.5, 0.6) is 23.0 Å². The van der Waals surface area contributed by atoms with Crippen LogP contribution in [0.1, 0.15) is 24.8 Å². The van der Waals surface area contributed by atoms with Crippen LogP contribution in [0.4, 0.5) is 0 Å². The van der Waals surface area contributed by atoms with Gasteiger partial charge < -0.3 is 14.2 Å². The van der Waals surface area contributed by atoms with Crippen LogP contribution in [-0.4, -0.2) is 48.2 Å². The molecule has 1 saturated heterocycles. The molecule has 6 rings (SSSR count). The molecule has 4 aromatic carbocycles. The van der Waals surface area contributed by atoms with E-state index >= 15 is 0 Å². The molecule has 1 unspecified atom stereocenters. The van der Waals surface area contributed by atoms with Gasteiger partial charge in [0.05, 0.1) is 17.9 Å². The number of piperidine rings is 1. The third-order valence-electron chi connectivity index (χ3n) is 7.52. The van der Waals surface area contributed by atoms with Crippen molar-refractivity contribution in [1.82, 2.24) is 4.90 Å². The molecule has 38 heavy (non-hydrogen) atoms. The molecule has 2 heterocycles. The SMILES string of the molecule is COc1ccc2c(Oc3ccc(OCCN4CCCCC4)cc3)c(-c3ccc4c(c3)CCS4=O)ccc2c1. The largest absolute Gasteiger partial charge is 0.497 e. The van der Waals surface area contributed by atoms with Crippen molar-refractivity contribution in [2.24, 2.45) is 0 Å². The lowest BCUT2D eigenvalue weighted by atomic mass is 9.97. The normalized spacial score (nSPS) is 17.3. The molecule has 0 amide bonds. The zero-order valence-corrected chi connectivity index (χ0v) is 22.6. The first kappa shape index (κ1) is 25.0. The highest BCUT2D eigenvalue weighted by atomic mass is 32.2. The number of benzene rings is 4. The highest BCUT2D eigenvalue weighted by Gasteiger charge is 2.20. The van der Waals surface area contributed by atoms with Gasteiger partial charge in [0.15, 0.2) is 0 Å². The van der Waals surface area contributed by atoms with Crippen molar-refractivity contribution in [3.8, 4) is 34.1 Å². The van der Waals surface area contributed by atoms with Gasteiger partial charge in [-0.1, -0.05) is 18.6 Å². The molecule has 0 spiro atoms. The Morgan fingerprint density at radius 1 is 0.842 bits per heavy atom. The topological polar surface area (TPSA) is 48.0 Å². The first-order chi connectivity index (χ1) is 18.7. The van der Waals surface area contributed by atoms with Crippen LogP contribution in [0, 0.1) is 0 Å². The Morgan fingerprint density at radius 2 is 1.63 bits per heavy atom. The Balaban J connectivity index is 1.27. The summed E-state index contributed by atoms with van der Waals surface area (Å²) in [6, 6.07) is 24.3. The summed E-state index contributed by atoms with van der Waals surface area (Å²) in [5.41, 5.74) is 3.23. The molecule has 1 fully saturated rings. The van der Waals surface area contributed by atoms with Crippen molar-refractivity contribution in [2.45, 2.75) is 30.6 Å². The summed E-state index contributed by atoms with van der Waals surface area (Å²) in [5, 5.41) is 2.05. The highest BCUT2D eigenvalue weighted by molar-refractivity contribution is 7.85. The number of methoxy groups -OCH3 is 1. The van der Waals surface area contributed by atoms with Crippen LogP contribution in [0.3, 0.4) is 0 Å². The Hall–Kier alpha value is -3.35. The van der Waals surface area contributed by atoms with Crippen molar-refractivity contribution in [1.29, 1.82) is 0 Å². The Morgan fingerprint density at radius 3 is 2.45 bits per heavy atom. The van der Waals surface area contributed by atoms with Gasteiger partial charge in [0.2, 0.25) is 0 Å². The lowest BCUT2D eigenvalue weighted by molar-refractivity contribution is 0.183. The first-order valence-corrected chi connectivity index (χ1v) is 14.8. The summed E-state index contributed by atoms with van der Waals surface area (Å²) < 4.78 is 30.3. The third-order valence-corrected chi connectivity index (χ3v) is 8.98.